The molecule has 1 atom stereocenters. The van der Waals surface area contributed by atoms with E-state index in [9.17, 15) is 4.79 Å². The van der Waals surface area contributed by atoms with E-state index in [1.165, 1.54) is 18.4 Å². The molecule has 0 spiro atoms. The fraction of sp³-hybridized carbons (Fsp3) is 0.552. The molecule has 6 heteroatoms. The average Bonchev–Trinajstić information content (AvgIpc) is 3.35. The number of methoxy groups -OCH3 is 3. The van der Waals surface area contributed by atoms with E-state index in [-0.39, 0.29) is 11.3 Å². The number of benzene rings is 2. The van der Waals surface area contributed by atoms with E-state index in [4.69, 9.17) is 14.2 Å². The normalized spacial score (nSPS) is 17.6. The Balaban J connectivity index is 1.86. The number of amides is 1. The summed E-state index contributed by atoms with van der Waals surface area (Å²) in [4.78, 5) is 18.3. The van der Waals surface area contributed by atoms with Crippen molar-refractivity contribution in [2.75, 3.05) is 54.1 Å². The maximum atomic E-state index is 13.7. The molecule has 1 heterocycles. The van der Waals surface area contributed by atoms with Crippen molar-refractivity contribution in [1.29, 1.82) is 0 Å². The Bertz CT molecular complexity index is 949. The van der Waals surface area contributed by atoms with Crippen molar-refractivity contribution in [3.63, 3.8) is 0 Å². The molecule has 0 radical (unpaired) electrons. The zero-order valence-corrected chi connectivity index (χ0v) is 22.1. The highest BCUT2D eigenvalue weighted by Crippen LogP contribution is 2.42. The minimum absolute atomic E-state index is 0.0305. The minimum atomic E-state index is -0.0566. The van der Waals surface area contributed by atoms with Gasteiger partial charge in [0.25, 0.3) is 5.91 Å². The maximum Gasteiger partial charge on any atom is 0.257 e. The summed E-state index contributed by atoms with van der Waals surface area (Å²) in [6.45, 7) is 9.22. The predicted octanol–water partition coefficient (Wildman–Crippen LogP) is 5.40. The lowest BCUT2D eigenvalue weighted by Crippen LogP contribution is -2.38. The summed E-state index contributed by atoms with van der Waals surface area (Å²) in [6.07, 6.45) is 5.58. The summed E-state index contributed by atoms with van der Waals surface area (Å²) in [5.74, 6) is 1.38. The van der Waals surface area contributed by atoms with E-state index >= 15 is 0 Å². The van der Waals surface area contributed by atoms with Crippen molar-refractivity contribution in [3.05, 3.63) is 53.6 Å². The van der Waals surface area contributed by atoms with Gasteiger partial charge in [0.15, 0.2) is 11.5 Å². The summed E-state index contributed by atoms with van der Waals surface area (Å²) in [6, 6.07) is 14.3. The molecule has 35 heavy (non-hydrogen) atoms. The van der Waals surface area contributed by atoms with Gasteiger partial charge in [0.1, 0.15) is 0 Å². The molecular weight excluding hydrogens is 440 g/mol. The summed E-state index contributed by atoms with van der Waals surface area (Å²) >= 11 is 0. The first-order valence-corrected chi connectivity index (χ1v) is 12.9. The number of nitrogens with zero attached hydrogens (tertiary/aromatic N) is 2. The molecule has 1 aliphatic heterocycles. The van der Waals surface area contributed by atoms with Gasteiger partial charge in [0.05, 0.1) is 26.9 Å². The van der Waals surface area contributed by atoms with Gasteiger partial charge < -0.3 is 24.0 Å². The Morgan fingerprint density at radius 2 is 1.66 bits per heavy atom. The van der Waals surface area contributed by atoms with Crippen LogP contribution in [0.5, 0.6) is 17.2 Å². The van der Waals surface area contributed by atoms with Crippen LogP contribution >= 0.6 is 0 Å². The van der Waals surface area contributed by atoms with E-state index in [0.717, 1.165) is 38.9 Å². The molecule has 192 valence electrons. The summed E-state index contributed by atoms with van der Waals surface area (Å²) in [5, 5.41) is 0. The molecule has 1 saturated heterocycles. The molecule has 1 fully saturated rings. The van der Waals surface area contributed by atoms with Gasteiger partial charge in [0.2, 0.25) is 5.75 Å². The second-order valence-corrected chi connectivity index (χ2v) is 9.45. The number of ether oxygens (including phenoxy) is 3. The second-order valence-electron chi connectivity index (χ2n) is 9.45. The lowest BCUT2D eigenvalue weighted by molar-refractivity contribution is 0.0776. The third-order valence-corrected chi connectivity index (χ3v) is 7.24. The van der Waals surface area contributed by atoms with Gasteiger partial charge in [0, 0.05) is 18.5 Å². The van der Waals surface area contributed by atoms with Crippen LogP contribution in [-0.4, -0.2) is 69.8 Å². The highest BCUT2D eigenvalue weighted by molar-refractivity contribution is 5.98. The molecule has 0 aromatic heterocycles. The molecule has 0 aliphatic carbocycles. The lowest BCUT2D eigenvalue weighted by Gasteiger charge is -2.33. The van der Waals surface area contributed by atoms with E-state index in [1.54, 1.807) is 33.5 Å². The fourth-order valence-corrected chi connectivity index (χ4v) is 5.27. The van der Waals surface area contributed by atoms with Crippen LogP contribution in [0, 0.1) is 0 Å². The van der Waals surface area contributed by atoms with E-state index in [0.29, 0.717) is 35.9 Å². The fourth-order valence-electron chi connectivity index (χ4n) is 5.27. The number of hydrogen-bond acceptors (Lipinski definition) is 5. The molecule has 0 bridgehead atoms. The van der Waals surface area contributed by atoms with Crippen LogP contribution in [-0.2, 0) is 5.41 Å². The van der Waals surface area contributed by atoms with E-state index in [1.807, 2.05) is 4.90 Å². The first-order chi connectivity index (χ1) is 17.0. The second kappa shape index (κ2) is 12.8. The van der Waals surface area contributed by atoms with E-state index in [2.05, 4.69) is 49.1 Å². The Kier molecular flexibility index (Phi) is 9.84. The van der Waals surface area contributed by atoms with Gasteiger partial charge in [-0.1, -0.05) is 50.6 Å². The van der Waals surface area contributed by atoms with Crippen LogP contribution in [0.25, 0.3) is 0 Å². The molecule has 6 nitrogen and oxygen atoms in total. The van der Waals surface area contributed by atoms with Gasteiger partial charge in [-0.25, -0.2) is 0 Å². The van der Waals surface area contributed by atoms with Gasteiger partial charge >= 0.3 is 0 Å². The Morgan fingerprint density at radius 3 is 2.29 bits per heavy atom. The molecule has 2 aromatic carbocycles. The Hall–Kier alpha value is -2.73. The molecule has 0 N–H and O–H groups in total. The van der Waals surface area contributed by atoms with Gasteiger partial charge in [-0.15, -0.1) is 0 Å². The Morgan fingerprint density at radius 1 is 0.914 bits per heavy atom. The zero-order chi connectivity index (χ0) is 25.3. The number of carbonyl (C=O) groups excluding carboxylic acids is 1. The summed E-state index contributed by atoms with van der Waals surface area (Å²) in [5.41, 5.74) is 1.77. The van der Waals surface area contributed by atoms with Crippen molar-refractivity contribution < 1.29 is 19.0 Å². The number of likely N-dealkylation sites (tertiary alicyclic amines) is 1. The molecule has 1 aliphatic rings. The average molecular weight is 483 g/mol. The standard InChI is InChI=1S/C29H42N2O4/c1-6-8-19-30(18-7-2)20-16-29(23-12-10-9-11-13-23)17-21-31(22-29)28(32)24-14-15-25(33-3)27(35-5)26(24)34-4/h9-15H,6-8,16-22H2,1-5H3. The first-order valence-electron chi connectivity index (χ1n) is 12.9. The molecule has 0 saturated carbocycles. The SMILES string of the molecule is CCCCN(CCC)CCC1(c2ccccc2)CCN(C(=O)c2ccc(OC)c(OC)c2OC)C1. The van der Waals surface area contributed by atoms with Crippen molar-refractivity contribution in [2.24, 2.45) is 0 Å². The van der Waals surface area contributed by atoms with Gasteiger partial charge in [-0.05, 0) is 63.0 Å². The monoisotopic (exact) mass is 482 g/mol. The van der Waals surface area contributed by atoms with Crippen molar-refractivity contribution in [3.8, 4) is 17.2 Å². The maximum absolute atomic E-state index is 13.7. The molecular formula is C29H42N2O4. The van der Waals surface area contributed by atoms with Gasteiger partial charge in [-0.3, -0.25) is 4.79 Å². The van der Waals surface area contributed by atoms with Crippen LogP contribution in [0.2, 0.25) is 0 Å². The third-order valence-electron chi connectivity index (χ3n) is 7.24. The minimum Gasteiger partial charge on any atom is -0.493 e. The van der Waals surface area contributed by atoms with Crippen molar-refractivity contribution in [2.45, 2.75) is 51.4 Å². The summed E-state index contributed by atoms with van der Waals surface area (Å²) in [7, 11) is 4.70. The molecule has 1 amide bonds. The molecule has 2 aromatic rings. The van der Waals surface area contributed by atoms with Crippen LogP contribution in [0.15, 0.2) is 42.5 Å². The highest BCUT2D eigenvalue weighted by atomic mass is 16.5. The quantitative estimate of drug-likeness (QED) is 0.383. The highest BCUT2D eigenvalue weighted by Gasteiger charge is 2.42. The smallest absolute Gasteiger partial charge is 0.257 e. The number of hydrogen-bond donors (Lipinski definition) is 0. The Labute approximate surface area is 211 Å². The van der Waals surface area contributed by atoms with Crippen LogP contribution in [0.3, 0.4) is 0 Å². The topological polar surface area (TPSA) is 51.2 Å². The lowest BCUT2D eigenvalue weighted by atomic mass is 9.76. The largest absolute Gasteiger partial charge is 0.493 e. The van der Waals surface area contributed by atoms with Gasteiger partial charge in [-0.2, -0.15) is 0 Å². The van der Waals surface area contributed by atoms with Crippen LogP contribution in [0.4, 0.5) is 0 Å². The van der Waals surface area contributed by atoms with Crippen molar-refractivity contribution in [1.82, 2.24) is 9.80 Å². The van der Waals surface area contributed by atoms with Crippen LogP contribution < -0.4 is 14.2 Å². The van der Waals surface area contributed by atoms with Crippen LogP contribution in [0.1, 0.15) is 61.9 Å². The number of carbonyl (C=O) groups is 1. The predicted molar refractivity (Wildman–Crippen MR) is 141 cm³/mol. The van der Waals surface area contributed by atoms with Crippen molar-refractivity contribution >= 4 is 5.91 Å². The number of unbranched alkanes of at least 4 members (excludes halogenated alkanes) is 1. The molecule has 3 rings (SSSR count). The summed E-state index contributed by atoms with van der Waals surface area (Å²) < 4.78 is 16.5. The van der Waals surface area contributed by atoms with E-state index < -0.39 is 0 Å². The third kappa shape index (κ3) is 6.10. The first kappa shape index (κ1) is 26.9. The number of rotatable bonds is 13. The molecule has 1 unspecified atom stereocenters. The zero-order valence-electron chi connectivity index (χ0n) is 22.1.